The fraction of sp³-hybridized carbons (Fsp3) is 0.226. The van der Waals surface area contributed by atoms with Crippen LogP contribution in [0.1, 0.15) is 15.9 Å². The monoisotopic (exact) mass is 559 g/mol. The average Bonchev–Trinajstić information content (AvgIpc) is 2.96. The zero-order valence-electron chi connectivity index (χ0n) is 22.7. The van der Waals surface area contributed by atoms with Crippen molar-refractivity contribution in [2.75, 3.05) is 26.3 Å². The van der Waals surface area contributed by atoms with Crippen LogP contribution in [0.25, 0.3) is 0 Å². The molecule has 1 atom stereocenters. The first kappa shape index (κ1) is 29.2. The number of primary amides is 1. The second kappa shape index (κ2) is 14.0. The van der Waals surface area contributed by atoms with E-state index in [4.69, 9.17) is 19.9 Å². The molecule has 4 N–H and O–H groups in total. The molecular formula is C31H33N3O7. The number of aromatic nitrogens is 1. The quantitative estimate of drug-likeness (QED) is 0.214. The summed E-state index contributed by atoms with van der Waals surface area (Å²) in [5, 5.41) is 20.6. The Morgan fingerprint density at radius 1 is 0.927 bits per heavy atom. The highest BCUT2D eigenvalue weighted by atomic mass is 16.5. The molecule has 41 heavy (non-hydrogen) atoms. The highest BCUT2D eigenvalue weighted by Crippen LogP contribution is 2.24. The van der Waals surface area contributed by atoms with Gasteiger partial charge in [0, 0.05) is 32.7 Å². The molecule has 0 aliphatic carbocycles. The average molecular weight is 560 g/mol. The molecule has 10 heteroatoms. The smallest absolute Gasteiger partial charge is 0.253 e. The van der Waals surface area contributed by atoms with E-state index in [2.05, 4.69) is 0 Å². The maximum atomic E-state index is 11.8. The van der Waals surface area contributed by atoms with Crippen molar-refractivity contribution in [2.24, 2.45) is 12.8 Å². The fourth-order valence-electron chi connectivity index (χ4n) is 4.09. The summed E-state index contributed by atoms with van der Waals surface area (Å²) < 4.78 is 18.8. The van der Waals surface area contributed by atoms with Crippen molar-refractivity contribution in [1.82, 2.24) is 9.47 Å². The molecule has 214 valence electrons. The van der Waals surface area contributed by atoms with Gasteiger partial charge in [-0.05, 0) is 54.1 Å². The van der Waals surface area contributed by atoms with Crippen molar-refractivity contribution in [3.63, 3.8) is 0 Å². The van der Waals surface area contributed by atoms with Gasteiger partial charge in [-0.1, -0.05) is 36.4 Å². The molecule has 0 fully saturated rings. The summed E-state index contributed by atoms with van der Waals surface area (Å²) in [5.74, 6) is 0.986. The Hall–Kier alpha value is -4.80. The topological polar surface area (TPSA) is 136 Å². The van der Waals surface area contributed by atoms with Crippen LogP contribution in [0.3, 0.4) is 0 Å². The summed E-state index contributed by atoms with van der Waals surface area (Å²) in [6.07, 6.45) is -0.788. The predicted octanol–water partition coefficient (Wildman–Crippen LogP) is 3.30. The molecule has 4 aromatic rings. The minimum Gasteiger partial charge on any atom is -0.507 e. The van der Waals surface area contributed by atoms with Gasteiger partial charge < -0.3 is 30.2 Å². The van der Waals surface area contributed by atoms with Gasteiger partial charge in [0.25, 0.3) is 11.5 Å². The minimum atomic E-state index is -0.788. The second-order valence-corrected chi connectivity index (χ2v) is 9.41. The zero-order valence-corrected chi connectivity index (χ0v) is 22.7. The minimum absolute atomic E-state index is 0.0125. The summed E-state index contributed by atoms with van der Waals surface area (Å²) in [7, 11) is 1.64. The van der Waals surface area contributed by atoms with Crippen molar-refractivity contribution in [2.45, 2.75) is 12.6 Å². The lowest BCUT2D eigenvalue weighted by Crippen LogP contribution is -2.37. The number of phenols is 1. The third-order valence-electron chi connectivity index (χ3n) is 6.25. The molecule has 0 saturated heterocycles. The van der Waals surface area contributed by atoms with Crippen LogP contribution in [0.2, 0.25) is 0 Å². The van der Waals surface area contributed by atoms with Crippen LogP contribution in [0.4, 0.5) is 0 Å². The number of aliphatic hydroxyl groups excluding tert-OH is 1. The molecule has 1 heterocycles. The second-order valence-electron chi connectivity index (χ2n) is 9.41. The van der Waals surface area contributed by atoms with Crippen LogP contribution in [0.5, 0.6) is 28.9 Å². The number of rotatable bonds is 14. The zero-order chi connectivity index (χ0) is 29.2. The first-order valence-corrected chi connectivity index (χ1v) is 13.0. The Kier molecular flexibility index (Phi) is 9.98. The Morgan fingerprint density at radius 2 is 1.63 bits per heavy atom. The van der Waals surface area contributed by atoms with E-state index in [-0.39, 0.29) is 30.1 Å². The van der Waals surface area contributed by atoms with Crippen LogP contribution >= 0.6 is 0 Å². The van der Waals surface area contributed by atoms with Crippen LogP contribution in [0, 0.1) is 0 Å². The summed E-state index contributed by atoms with van der Waals surface area (Å²) in [4.78, 5) is 25.3. The van der Waals surface area contributed by atoms with Gasteiger partial charge in [0.15, 0.2) is 0 Å². The van der Waals surface area contributed by atoms with Crippen LogP contribution in [0.15, 0.2) is 95.8 Å². The number of nitrogens with two attached hydrogens (primary N) is 1. The van der Waals surface area contributed by atoms with Crippen molar-refractivity contribution in [1.29, 1.82) is 0 Å². The van der Waals surface area contributed by atoms with Gasteiger partial charge in [-0.25, -0.2) is 0 Å². The molecule has 0 bridgehead atoms. The molecule has 10 nitrogen and oxygen atoms in total. The van der Waals surface area contributed by atoms with E-state index in [0.717, 1.165) is 5.56 Å². The Morgan fingerprint density at radius 3 is 2.37 bits per heavy atom. The van der Waals surface area contributed by atoms with Gasteiger partial charge in [-0.15, -0.1) is 0 Å². The number of amides is 1. The molecule has 1 unspecified atom stereocenters. The van der Waals surface area contributed by atoms with E-state index in [9.17, 15) is 19.8 Å². The Balaban J connectivity index is 1.31. The van der Waals surface area contributed by atoms with Gasteiger partial charge in [0.1, 0.15) is 42.3 Å². The molecule has 0 aliphatic heterocycles. The molecule has 3 aromatic carbocycles. The molecule has 0 radical (unpaired) electrons. The molecule has 0 spiro atoms. The van der Waals surface area contributed by atoms with E-state index < -0.39 is 12.0 Å². The van der Waals surface area contributed by atoms with Crippen molar-refractivity contribution in [3.05, 3.63) is 112 Å². The molecule has 4 rings (SSSR count). The van der Waals surface area contributed by atoms with E-state index in [1.807, 2.05) is 35.2 Å². The third-order valence-corrected chi connectivity index (χ3v) is 6.25. The maximum absolute atomic E-state index is 11.8. The molecule has 0 saturated carbocycles. The van der Waals surface area contributed by atoms with Crippen molar-refractivity contribution < 1.29 is 29.2 Å². The van der Waals surface area contributed by atoms with E-state index in [0.29, 0.717) is 42.8 Å². The first-order chi connectivity index (χ1) is 19.8. The highest BCUT2D eigenvalue weighted by Gasteiger charge is 2.15. The summed E-state index contributed by atoms with van der Waals surface area (Å²) in [6, 6.07) is 25.9. The SMILES string of the molecule is Cn1c(Oc2ccc(OCC(O)CN(CCOc3ccc(O)c(C(N)=O)c3)Cc3ccccc3)cc2)cccc1=O. The lowest BCUT2D eigenvalue weighted by atomic mass is 10.2. The van der Waals surface area contributed by atoms with Crippen molar-refractivity contribution in [3.8, 4) is 28.9 Å². The number of aliphatic hydroxyl groups is 1. The van der Waals surface area contributed by atoms with Gasteiger partial charge in [-0.3, -0.25) is 19.1 Å². The third kappa shape index (κ3) is 8.59. The maximum Gasteiger partial charge on any atom is 0.253 e. The van der Waals surface area contributed by atoms with Crippen LogP contribution in [-0.2, 0) is 13.6 Å². The molecule has 0 aliphatic rings. The number of hydrogen-bond acceptors (Lipinski definition) is 8. The molecular weight excluding hydrogens is 526 g/mol. The normalized spacial score (nSPS) is 11.7. The highest BCUT2D eigenvalue weighted by molar-refractivity contribution is 5.95. The van der Waals surface area contributed by atoms with Crippen LogP contribution in [-0.4, -0.2) is 58.0 Å². The molecule has 1 aromatic heterocycles. The first-order valence-electron chi connectivity index (χ1n) is 13.0. The van der Waals surface area contributed by atoms with Crippen LogP contribution < -0.4 is 25.5 Å². The number of carbonyl (C=O) groups excluding carboxylic acids is 1. The summed E-state index contributed by atoms with van der Waals surface area (Å²) >= 11 is 0. The lowest BCUT2D eigenvalue weighted by molar-refractivity contribution is 0.0604. The molecule has 1 amide bonds. The fourth-order valence-corrected chi connectivity index (χ4v) is 4.09. The Labute approximate surface area is 237 Å². The summed E-state index contributed by atoms with van der Waals surface area (Å²) in [5.41, 5.74) is 6.20. The van der Waals surface area contributed by atoms with Gasteiger partial charge >= 0.3 is 0 Å². The standard InChI is InChI=1S/C31H33N3O7/c1-33-29(37)8-5-9-30(33)41-25-12-10-24(11-13-25)40-21-23(35)20-34(19-22-6-3-2-4-7-22)16-17-39-26-14-15-28(36)27(18-26)31(32)38/h2-15,18,23,35-36H,16-17,19-21H2,1H3,(H2,32,38). The van der Waals surface area contributed by atoms with E-state index in [1.165, 1.54) is 22.8 Å². The number of benzene rings is 3. The number of hydrogen-bond donors (Lipinski definition) is 3. The number of aromatic hydroxyl groups is 1. The number of pyridine rings is 1. The number of ether oxygens (including phenoxy) is 3. The number of nitrogens with zero attached hydrogens (tertiary/aromatic N) is 2. The largest absolute Gasteiger partial charge is 0.507 e. The van der Waals surface area contributed by atoms with E-state index >= 15 is 0 Å². The lowest BCUT2D eigenvalue weighted by Gasteiger charge is -2.25. The van der Waals surface area contributed by atoms with E-state index in [1.54, 1.807) is 49.5 Å². The van der Waals surface area contributed by atoms with Gasteiger partial charge in [0.2, 0.25) is 5.88 Å². The predicted molar refractivity (Wildman–Crippen MR) is 154 cm³/mol. The Bertz CT molecular complexity index is 1490. The summed E-state index contributed by atoms with van der Waals surface area (Å²) in [6.45, 7) is 1.73. The number of carbonyl (C=O) groups is 1. The van der Waals surface area contributed by atoms with Gasteiger partial charge in [0.05, 0.1) is 5.56 Å². The van der Waals surface area contributed by atoms with Gasteiger partial charge in [-0.2, -0.15) is 0 Å². The van der Waals surface area contributed by atoms with Crippen molar-refractivity contribution >= 4 is 5.91 Å².